The highest BCUT2D eigenvalue weighted by Gasteiger charge is 2.18. The second-order valence-electron chi connectivity index (χ2n) is 4.07. The molecule has 6 nitrogen and oxygen atoms in total. The number of hydrogen-bond acceptors (Lipinski definition) is 6. The molecule has 0 aliphatic carbocycles. The van der Waals surface area contributed by atoms with Gasteiger partial charge in [0.1, 0.15) is 5.76 Å². The first-order chi connectivity index (χ1) is 9.62. The van der Waals surface area contributed by atoms with Gasteiger partial charge in [0.2, 0.25) is 5.09 Å². The van der Waals surface area contributed by atoms with Crippen molar-refractivity contribution < 1.29 is 12.8 Å². The lowest BCUT2D eigenvalue weighted by molar-refractivity contribution is 0.401. The van der Waals surface area contributed by atoms with Gasteiger partial charge in [-0.05, 0) is 18.7 Å². The minimum Gasteiger partial charge on any atom is -0.447 e. The van der Waals surface area contributed by atoms with Crippen LogP contribution in [0, 0.1) is 0 Å². The molecule has 0 aromatic carbocycles. The number of rotatable bonds is 8. The quantitative estimate of drug-likeness (QED) is 0.768. The first-order valence-corrected chi connectivity index (χ1v) is 8.65. The van der Waals surface area contributed by atoms with Crippen molar-refractivity contribution in [3.8, 4) is 0 Å². The molecule has 0 spiro atoms. The molecule has 0 amide bonds. The number of nitrogens with zero attached hydrogens (tertiary/aromatic N) is 1. The van der Waals surface area contributed by atoms with E-state index in [9.17, 15) is 8.42 Å². The Morgan fingerprint density at radius 1 is 1.40 bits per heavy atom. The van der Waals surface area contributed by atoms with Gasteiger partial charge in [-0.15, -0.1) is 11.3 Å². The van der Waals surface area contributed by atoms with E-state index < -0.39 is 10.0 Å². The van der Waals surface area contributed by atoms with Crippen LogP contribution in [0.25, 0.3) is 0 Å². The first-order valence-electron chi connectivity index (χ1n) is 6.29. The Hall–Kier alpha value is -1.22. The van der Waals surface area contributed by atoms with Gasteiger partial charge in [-0.25, -0.2) is 18.1 Å². The standard InChI is InChI=1S/C12H17N3O3S2/c1-2-13-9-10-3-4-12(18-10)20(16,17)15-6-5-11-14-7-8-19-11/h3-4,7-8,13,15H,2,5-6,9H2,1H3. The van der Waals surface area contributed by atoms with Gasteiger partial charge in [-0.2, -0.15) is 0 Å². The molecule has 0 saturated carbocycles. The van der Waals surface area contributed by atoms with Gasteiger partial charge in [-0.3, -0.25) is 0 Å². The van der Waals surface area contributed by atoms with Crippen LogP contribution in [-0.4, -0.2) is 26.5 Å². The van der Waals surface area contributed by atoms with Gasteiger partial charge in [0, 0.05) is 24.5 Å². The van der Waals surface area contributed by atoms with Crippen LogP contribution in [0.1, 0.15) is 17.7 Å². The zero-order valence-electron chi connectivity index (χ0n) is 11.1. The molecule has 0 saturated heterocycles. The van der Waals surface area contributed by atoms with E-state index >= 15 is 0 Å². The summed E-state index contributed by atoms with van der Waals surface area (Å²) >= 11 is 1.50. The molecule has 0 bridgehead atoms. The SMILES string of the molecule is CCNCc1ccc(S(=O)(=O)NCCc2nccs2)o1. The van der Waals surface area contributed by atoms with Crippen molar-refractivity contribution in [1.82, 2.24) is 15.0 Å². The highest BCUT2D eigenvalue weighted by Crippen LogP contribution is 2.13. The third-order valence-corrected chi connectivity index (χ3v) is 4.74. The van der Waals surface area contributed by atoms with Gasteiger partial charge < -0.3 is 9.73 Å². The molecular weight excluding hydrogens is 298 g/mol. The van der Waals surface area contributed by atoms with E-state index in [-0.39, 0.29) is 5.09 Å². The summed E-state index contributed by atoms with van der Waals surface area (Å²) in [5, 5.41) is 5.79. The van der Waals surface area contributed by atoms with E-state index in [1.54, 1.807) is 12.3 Å². The summed E-state index contributed by atoms with van der Waals surface area (Å²) in [6.45, 7) is 3.60. The third-order valence-electron chi connectivity index (χ3n) is 2.57. The van der Waals surface area contributed by atoms with Crippen molar-refractivity contribution in [2.24, 2.45) is 0 Å². The summed E-state index contributed by atoms with van der Waals surface area (Å²) in [6.07, 6.45) is 2.27. The maximum Gasteiger partial charge on any atom is 0.273 e. The van der Waals surface area contributed by atoms with Gasteiger partial charge in [-0.1, -0.05) is 6.92 Å². The Kier molecular flexibility index (Phi) is 5.30. The Morgan fingerprint density at radius 3 is 2.95 bits per heavy atom. The third kappa shape index (κ3) is 4.14. The number of aromatic nitrogens is 1. The highest BCUT2D eigenvalue weighted by molar-refractivity contribution is 7.89. The monoisotopic (exact) mass is 315 g/mol. The Labute approximate surface area is 122 Å². The van der Waals surface area contributed by atoms with Crippen LogP contribution < -0.4 is 10.0 Å². The van der Waals surface area contributed by atoms with Crippen LogP contribution in [-0.2, 0) is 23.0 Å². The number of hydrogen-bond donors (Lipinski definition) is 2. The fraction of sp³-hybridized carbons (Fsp3) is 0.417. The fourth-order valence-corrected chi connectivity index (χ4v) is 3.18. The van der Waals surface area contributed by atoms with E-state index in [1.807, 2.05) is 12.3 Å². The van der Waals surface area contributed by atoms with Crippen LogP contribution in [0.5, 0.6) is 0 Å². The topological polar surface area (TPSA) is 84.2 Å². The van der Waals surface area contributed by atoms with Crippen LogP contribution in [0.2, 0.25) is 0 Å². The predicted molar refractivity (Wildman–Crippen MR) is 77.1 cm³/mol. The second-order valence-corrected chi connectivity index (χ2v) is 6.75. The number of thiazole rings is 1. The molecule has 2 rings (SSSR count). The molecule has 0 aliphatic heterocycles. The average molecular weight is 315 g/mol. The van der Waals surface area contributed by atoms with E-state index in [1.165, 1.54) is 17.4 Å². The van der Waals surface area contributed by atoms with E-state index in [4.69, 9.17) is 4.42 Å². The number of nitrogens with one attached hydrogen (secondary N) is 2. The number of sulfonamides is 1. The van der Waals surface area contributed by atoms with E-state index in [2.05, 4.69) is 15.0 Å². The molecule has 2 heterocycles. The second kappa shape index (κ2) is 6.98. The van der Waals surface area contributed by atoms with Crippen LogP contribution in [0.4, 0.5) is 0 Å². The van der Waals surface area contributed by atoms with Crippen molar-refractivity contribution in [2.45, 2.75) is 25.0 Å². The molecule has 2 N–H and O–H groups in total. The Morgan fingerprint density at radius 2 is 2.25 bits per heavy atom. The number of furan rings is 1. The van der Waals surface area contributed by atoms with E-state index in [0.717, 1.165) is 11.6 Å². The molecule has 2 aromatic rings. The normalized spacial score (nSPS) is 11.8. The average Bonchev–Trinajstić information content (AvgIpc) is 3.07. The molecule has 8 heteroatoms. The highest BCUT2D eigenvalue weighted by atomic mass is 32.2. The summed E-state index contributed by atoms with van der Waals surface area (Å²) in [5.41, 5.74) is 0. The smallest absolute Gasteiger partial charge is 0.273 e. The van der Waals surface area contributed by atoms with Crippen molar-refractivity contribution in [3.63, 3.8) is 0 Å². The van der Waals surface area contributed by atoms with Gasteiger partial charge >= 0.3 is 0 Å². The molecule has 0 fully saturated rings. The largest absolute Gasteiger partial charge is 0.447 e. The van der Waals surface area contributed by atoms with Crippen molar-refractivity contribution in [2.75, 3.05) is 13.1 Å². The molecule has 110 valence electrons. The zero-order chi connectivity index (χ0) is 14.4. The lowest BCUT2D eigenvalue weighted by atomic mass is 10.4. The summed E-state index contributed by atoms with van der Waals surface area (Å²) in [5.74, 6) is 0.604. The van der Waals surface area contributed by atoms with Crippen LogP contribution in [0.15, 0.2) is 33.2 Å². The molecular formula is C12H17N3O3S2. The maximum atomic E-state index is 12.0. The lowest BCUT2D eigenvalue weighted by Gasteiger charge is -2.03. The molecule has 0 atom stereocenters. The zero-order valence-corrected chi connectivity index (χ0v) is 12.8. The minimum atomic E-state index is -3.59. The molecule has 20 heavy (non-hydrogen) atoms. The minimum absolute atomic E-state index is 0.0514. The summed E-state index contributed by atoms with van der Waals surface area (Å²) < 4.78 is 31.8. The van der Waals surface area contributed by atoms with Crippen LogP contribution in [0.3, 0.4) is 0 Å². The molecule has 0 aliphatic rings. The molecule has 0 radical (unpaired) electrons. The maximum absolute atomic E-state index is 12.0. The Bertz CT molecular complexity index is 620. The first kappa shape index (κ1) is 15.2. The Balaban J connectivity index is 1.90. The van der Waals surface area contributed by atoms with E-state index in [0.29, 0.717) is 25.3 Å². The van der Waals surface area contributed by atoms with Gasteiger partial charge in [0.25, 0.3) is 10.0 Å². The van der Waals surface area contributed by atoms with Gasteiger partial charge in [0.15, 0.2) is 0 Å². The van der Waals surface area contributed by atoms with Crippen molar-refractivity contribution >= 4 is 21.4 Å². The summed E-state index contributed by atoms with van der Waals surface area (Å²) in [7, 11) is -3.59. The summed E-state index contributed by atoms with van der Waals surface area (Å²) in [4.78, 5) is 4.10. The molecule has 2 aromatic heterocycles. The predicted octanol–water partition coefficient (Wildman–Crippen LogP) is 1.37. The fourth-order valence-electron chi connectivity index (χ4n) is 1.59. The van der Waals surface area contributed by atoms with Crippen molar-refractivity contribution in [1.29, 1.82) is 0 Å². The van der Waals surface area contributed by atoms with Crippen molar-refractivity contribution in [3.05, 3.63) is 34.5 Å². The van der Waals surface area contributed by atoms with Gasteiger partial charge in [0.05, 0.1) is 11.6 Å². The summed E-state index contributed by atoms with van der Waals surface area (Å²) in [6, 6.07) is 3.14. The van der Waals surface area contributed by atoms with Crippen LogP contribution >= 0.6 is 11.3 Å². The molecule has 0 unspecified atom stereocenters. The lowest BCUT2D eigenvalue weighted by Crippen LogP contribution is -2.25.